The minimum atomic E-state index is -4.49. The van der Waals surface area contributed by atoms with Gasteiger partial charge in [-0.25, -0.2) is 0 Å². The average molecular weight is 502 g/mol. The van der Waals surface area contributed by atoms with E-state index in [1.807, 2.05) is 11.8 Å². The van der Waals surface area contributed by atoms with E-state index in [0.717, 1.165) is 36.2 Å². The number of rotatable bonds is 7. The maximum absolute atomic E-state index is 13.4. The number of hydrogen-bond acceptors (Lipinski definition) is 2. The highest BCUT2D eigenvalue weighted by Crippen LogP contribution is 2.40. The predicted octanol–water partition coefficient (Wildman–Crippen LogP) is 7.35. The summed E-state index contributed by atoms with van der Waals surface area (Å²) in [5.41, 5.74) is 0.385. The number of aryl methyl sites for hydroxylation is 1. The van der Waals surface area contributed by atoms with Crippen LogP contribution in [0.15, 0.2) is 42.5 Å². The van der Waals surface area contributed by atoms with Gasteiger partial charge in [-0.05, 0) is 72.7 Å². The Balaban J connectivity index is 1.97. The van der Waals surface area contributed by atoms with Crippen molar-refractivity contribution >= 4 is 5.97 Å². The molecule has 1 N–H and O–H groups in total. The van der Waals surface area contributed by atoms with Gasteiger partial charge in [-0.1, -0.05) is 38.5 Å². The number of halogens is 6. The van der Waals surface area contributed by atoms with Crippen molar-refractivity contribution in [2.24, 2.45) is 11.8 Å². The predicted molar refractivity (Wildman–Crippen MR) is 120 cm³/mol. The maximum Gasteiger partial charge on any atom is 0.416 e. The van der Waals surface area contributed by atoms with Gasteiger partial charge < -0.3 is 5.11 Å². The first-order valence-electron chi connectivity index (χ1n) is 11.6. The highest BCUT2D eigenvalue weighted by atomic mass is 19.4. The Bertz CT molecular complexity index is 1020. The molecule has 192 valence electrons. The van der Waals surface area contributed by atoms with E-state index in [0.29, 0.717) is 36.9 Å². The first kappa shape index (κ1) is 27.0. The number of carboxylic acid groups (broad SMARTS) is 1. The van der Waals surface area contributed by atoms with E-state index in [1.165, 1.54) is 18.2 Å². The van der Waals surface area contributed by atoms with Gasteiger partial charge in [-0.15, -0.1) is 0 Å². The molecule has 1 saturated heterocycles. The minimum Gasteiger partial charge on any atom is -0.481 e. The molecule has 3 unspecified atom stereocenters. The van der Waals surface area contributed by atoms with Gasteiger partial charge in [0.1, 0.15) is 0 Å². The summed E-state index contributed by atoms with van der Waals surface area (Å²) in [5.74, 6) is -1.79. The van der Waals surface area contributed by atoms with Crippen molar-refractivity contribution in [3.63, 3.8) is 0 Å². The minimum absolute atomic E-state index is 0.194. The Morgan fingerprint density at radius 1 is 1.00 bits per heavy atom. The highest BCUT2D eigenvalue weighted by Gasteiger charge is 2.37. The molecule has 3 atom stereocenters. The first-order chi connectivity index (χ1) is 16.3. The van der Waals surface area contributed by atoms with E-state index in [4.69, 9.17) is 0 Å². The van der Waals surface area contributed by atoms with Gasteiger partial charge in [0.15, 0.2) is 0 Å². The fourth-order valence-electron chi connectivity index (χ4n) is 4.81. The second kappa shape index (κ2) is 10.6. The van der Waals surface area contributed by atoms with Crippen LogP contribution in [-0.4, -0.2) is 22.5 Å². The van der Waals surface area contributed by atoms with Gasteiger partial charge in [0.05, 0.1) is 17.0 Å². The lowest BCUT2D eigenvalue weighted by Crippen LogP contribution is -2.39. The second-order valence-electron chi connectivity index (χ2n) is 9.25. The zero-order chi connectivity index (χ0) is 26.0. The summed E-state index contributed by atoms with van der Waals surface area (Å²) < 4.78 is 79.4. The third-order valence-corrected chi connectivity index (χ3v) is 6.90. The first-order valence-corrected chi connectivity index (χ1v) is 11.6. The van der Waals surface area contributed by atoms with E-state index < -0.39 is 41.4 Å². The van der Waals surface area contributed by atoms with Crippen LogP contribution < -0.4 is 0 Å². The number of likely N-dealkylation sites (tertiary alicyclic amines) is 1. The molecular weight excluding hydrogens is 472 g/mol. The van der Waals surface area contributed by atoms with Crippen LogP contribution in [0.25, 0.3) is 0 Å². The van der Waals surface area contributed by atoms with E-state index >= 15 is 0 Å². The lowest BCUT2D eigenvalue weighted by molar-refractivity contribution is -0.144. The number of alkyl halides is 6. The molecule has 1 aliphatic rings. The van der Waals surface area contributed by atoms with Crippen molar-refractivity contribution in [1.82, 2.24) is 4.90 Å². The van der Waals surface area contributed by atoms with Gasteiger partial charge in [0, 0.05) is 12.6 Å². The molecule has 3 rings (SSSR count). The summed E-state index contributed by atoms with van der Waals surface area (Å²) >= 11 is 0. The molecule has 0 spiro atoms. The highest BCUT2D eigenvalue weighted by molar-refractivity contribution is 5.69. The monoisotopic (exact) mass is 501 g/mol. The number of aliphatic carboxylic acids is 1. The van der Waals surface area contributed by atoms with Crippen LogP contribution in [0.4, 0.5) is 26.3 Å². The molecule has 0 radical (unpaired) electrons. The van der Waals surface area contributed by atoms with Crippen molar-refractivity contribution in [2.45, 2.75) is 64.5 Å². The van der Waals surface area contributed by atoms with E-state index in [1.54, 1.807) is 6.92 Å². The SMILES string of the molecule is CCCc1ccc(C(F)(F)F)cc1CN1CCC(C(C)C(=O)O)CC1c1ccc(C(F)(F)F)cc1. The summed E-state index contributed by atoms with van der Waals surface area (Å²) in [6.07, 6.45) is -6.70. The zero-order valence-corrected chi connectivity index (χ0v) is 19.6. The summed E-state index contributed by atoms with van der Waals surface area (Å²) in [6, 6.07) is 8.05. The van der Waals surface area contributed by atoms with Gasteiger partial charge in [-0.2, -0.15) is 26.3 Å². The lowest BCUT2D eigenvalue weighted by Gasteiger charge is -2.41. The van der Waals surface area contributed by atoms with Crippen LogP contribution in [0, 0.1) is 11.8 Å². The number of carboxylic acids is 1. The summed E-state index contributed by atoms with van der Waals surface area (Å²) in [4.78, 5) is 13.5. The van der Waals surface area contributed by atoms with Crippen molar-refractivity contribution in [2.75, 3.05) is 6.54 Å². The normalized spacial score (nSPS) is 20.6. The van der Waals surface area contributed by atoms with Crippen LogP contribution in [-0.2, 0) is 30.1 Å². The summed E-state index contributed by atoms with van der Waals surface area (Å²) in [7, 11) is 0. The fraction of sp³-hybridized carbons (Fsp3) is 0.500. The number of nitrogens with zero attached hydrogens (tertiary/aromatic N) is 1. The molecule has 0 aromatic heterocycles. The number of benzene rings is 2. The fourth-order valence-corrected chi connectivity index (χ4v) is 4.81. The van der Waals surface area contributed by atoms with Gasteiger partial charge in [0.25, 0.3) is 0 Å². The standard InChI is InChI=1S/C26H29F6NO2/c1-3-4-17-5-10-22(26(30,31)32)13-20(17)15-33-12-11-19(16(2)24(34)35)14-23(33)18-6-8-21(9-7-18)25(27,28)29/h5-10,13,16,19,23H,3-4,11-12,14-15H2,1-2H3,(H,34,35). The molecule has 1 aliphatic heterocycles. The van der Waals surface area contributed by atoms with Crippen LogP contribution in [0.2, 0.25) is 0 Å². The van der Waals surface area contributed by atoms with E-state index in [2.05, 4.69) is 0 Å². The molecule has 0 bridgehead atoms. The molecule has 35 heavy (non-hydrogen) atoms. The number of carbonyl (C=O) groups is 1. The Hall–Kier alpha value is -2.55. The number of hydrogen-bond donors (Lipinski definition) is 1. The van der Waals surface area contributed by atoms with Gasteiger partial charge in [-0.3, -0.25) is 9.69 Å². The maximum atomic E-state index is 13.4. The molecule has 2 aromatic carbocycles. The smallest absolute Gasteiger partial charge is 0.416 e. The largest absolute Gasteiger partial charge is 0.481 e. The van der Waals surface area contributed by atoms with Crippen molar-refractivity contribution in [3.8, 4) is 0 Å². The molecule has 3 nitrogen and oxygen atoms in total. The van der Waals surface area contributed by atoms with Crippen LogP contribution in [0.3, 0.4) is 0 Å². The average Bonchev–Trinajstić information content (AvgIpc) is 2.79. The Kier molecular flexibility index (Phi) is 8.19. The molecule has 0 amide bonds. The van der Waals surface area contributed by atoms with E-state index in [-0.39, 0.29) is 12.5 Å². The van der Waals surface area contributed by atoms with Crippen LogP contribution >= 0.6 is 0 Å². The second-order valence-corrected chi connectivity index (χ2v) is 9.25. The molecule has 1 fully saturated rings. The van der Waals surface area contributed by atoms with Gasteiger partial charge >= 0.3 is 18.3 Å². The van der Waals surface area contributed by atoms with Crippen molar-refractivity contribution in [3.05, 3.63) is 70.3 Å². The Morgan fingerprint density at radius 2 is 1.60 bits per heavy atom. The Morgan fingerprint density at radius 3 is 2.14 bits per heavy atom. The van der Waals surface area contributed by atoms with E-state index in [9.17, 15) is 36.2 Å². The third-order valence-electron chi connectivity index (χ3n) is 6.90. The molecule has 2 aromatic rings. The summed E-state index contributed by atoms with van der Waals surface area (Å²) in [6.45, 7) is 4.17. The van der Waals surface area contributed by atoms with Crippen LogP contribution in [0.5, 0.6) is 0 Å². The quantitative estimate of drug-likeness (QED) is 0.403. The van der Waals surface area contributed by atoms with Crippen LogP contribution in [0.1, 0.15) is 67.0 Å². The third kappa shape index (κ3) is 6.57. The van der Waals surface area contributed by atoms with Crippen molar-refractivity contribution in [1.29, 1.82) is 0 Å². The molecule has 1 heterocycles. The number of piperidine rings is 1. The topological polar surface area (TPSA) is 40.5 Å². The van der Waals surface area contributed by atoms with Crippen molar-refractivity contribution < 1.29 is 36.2 Å². The van der Waals surface area contributed by atoms with Gasteiger partial charge in [0.2, 0.25) is 0 Å². The molecule has 0 aliphatic carbocycles. The molecule has 9 heteroatoms. The Labute approximate surface area is 200 Å². The lowest BCUT2D eigenvalue weighted by atomic mass is 9.79. The molecule has 0 saturated carbocycles. The summed E-state index contributed by atoms with van der Waals surface area (Å²) in [5, 5.41) is 9.48. The zero-order valence-electron chi connectivity index (χ0n) is 19.6. The molecular formula is C26H29F6NO2.